The highest BCUT2D eigenvalue weighted by Crippen LogP contribution is 2.32. The van der Waals surface area contributed by atoms with E-state index in [1.165, 1.54) is 0 Å². The molecule has 6 heteroatoms. The zero-order chi connectivity index (χ0) is 18.3. The highest BCUT2D eigenvalue weighted by Gasteiger charge is 2.40. The van der Waals surface area contributed by atoms with Crippen LogP contribution in [0.25, 0.3) is 0 Å². The number of rotatable bonds is 11. The second-order valence-electron chi connectivity index (χ2n) is 7.27. The van der Waals surface area contributed by atoms with Crippen molar-refractivity contribution >= 4 is 5.91 Å². The van der Waals surface area contributed by atoms with Gasteiger partial charge in [-0.05, 0) is 53.9 Å². The first-order chi connectivity index (χ1) is 11.1. The van der Waals surface area contributed by atoms with Crippen molar-refractivity contribution in [3.05, 3.63) is 6.92 Å². The number of aliphatic hydroxyl groups is 2. The molecule has 4 atom stereocenters. The van der Waals surface area contributed by atoms with Gasteiger partial charge in [-0.3, -0.25) is 4.79 Å². The Bertz CT molecular complexity index is 366. The van der Waals surface area contributed by atoms with Crippen molar-refractivity contribution < 1.29 is 24.5 Å². The van der Waals surface area contributed by atoms with E-state index in [-0.39, 0.29) is 31.3 Å². The molecule has 1 amide bonds. The van der Waals surface area contributed by atoms with Crippen molar-refractivity contribution in [2.45, 2.75) is 83.3 Å². The first kappa shape index (κ1) is 21.4. The number of amides is 1. The van der Waals surface area contributed by atoms with E-state index < -0.39 is 17.7 Å². The molecule has 0 bridgehead atoms. The lowest BCUT2D eigenvalue weighted by molar-refractivity contribution is -0.135. The molecule has 1 fully saturated rings. The van der Waals surface area contributed by atoms with Crippen molar-refractivity contribution in [3.8, 4) is 0 Å². The van der Waals surface area contributed by atoms with Gasteiger partial charge in [0.25, 0.3) is 0 Å². The Balaban J connectivity index is 2.73. The lowest BCUT2D eigenvalue weighted by atomic mass is 9.86. The highest BCUT2D eigenvalue weighted by molar-refractivity contribution is 5.79. The van der Waals surface area contributed by atoms with Crippen LogP contribution in [0.5, 0.6) is 0 Å². The smallest absolute Gasteiger partial charge is 0.223 e. The van der Waals surface area contributed by atoms with Crippen molar-refractivity contribution in [2.24, 2.45) is 0 Å². The van der Waals surface area contributed by atoms with E-state index in [4.69, 9.17) is 9.47 Å². The summed E-state index contributed by atoms with van der Waals surface area (Å²) in [5, 5.41) is 18.7. The predicted molar refractivity (Wildman–Crippen MR) is 92.5 cm³/mol. The Morgan fingerprint density at radius 3 is 1.88 bits per heavy atom. The molecule has 141 valence electrons. The number of carbonyl (C=O) groups excluding carboxylic acids is 1. The summed E-state index contributed by atoms with van der Waals surface area (Å²) in [5.41, 5.74) is -0.607. The fourth-order valence-electron chi connectivity index (χ4n) is 3.25. The van der Waals surface area contributed by atoms with Gasteiger partial charge in [0.1, 0.15) is 0 Å². The van der Waals surface area contributed by atoms with Crippen LogP contribution in [0.2, 0.25) is 0 Å². The van der Waals surface area contributed by atoms with E-state index >= 15 is 0 Å². The summed E-state index contributed by atoms with van der Waals surface area (Å²) in [6, 6.07) is 0. The Hall–Kier alpha value is -0.690. The molecule has 1 heterocycles. The molecular weight excluding hydrogens is 310 g/mol. The minimum Gasteiger partial charge on any atom is -0.391 e. The lowest BCUT2D eigenvalue weighted by Crippen LogP contribution is -2.51. The molecule has 1 rings (SSSR count). The van der Waals surface area contributed by atoms with Crippen LogP contribution in [0.4, 0.5) is 0 Å². The minimum absolute atomic E-state index is 0.121. The van der Waals surface area contributed by atoms with Crippen LogP contribution >= 0.6 is 0 Å². The van der Waals surface area contributed by atoms with Crippen LogP contribution in [-0.2, 0) is 14.3 Å². The number of nitrogens with zero attached hydrogens (tertiary/aromatic N) is 1. The number of carbonyl (C=O) groups is 1. The van der Waals surface area contributed by atoms with Gasteiger partial charge in [0.15, 0.2) is 0 Å². The number of hydrogen-bond acceptors (Lipinski definition) is 5. The van der Waals surface area contributed by atoms with Crippen LogP contribution in [-0.4, -0.2) is 70.7 Å². The quantitative estimate of drug-likeness (QED) is 0.594. The van der Waals surface area contributed by atoms with E-state index in [9.17, 15) is 15.0 Å². The molecule has 0 saturated carbocycles. The minimum atomic E-state index is -0.607. The van der Waals surface area contributed by atoms with Gasteiger partial charge >= 0.3 is 0 Å². The second-order valence-corrected chi connectivity index (χ2v) is 7.27. The summed E-state index contributed by atoms with van der Waals surface area (Å²) in [5.74, 6) is 0.121. The number of hydrogen-bond donors (Lipinski definition) is 2. The molecule has 1 saturated heterocycles. The molecule has 4 unspecified atom stereocenters. The maximum Gasteiger partial charge on any atom is 0.223 e. The molecule has 2 N–H and O–H groups in total. The van der Waals surface area contributed by atoms with Crippen LogP contribution in [0.15, 0.2) is 0 Å². The van der Waals surface area contributed by atoms with Crippen LogP contribution < -0.4 is 0 Å². The zero-order valence-electron chi connectivity index (χ0n) is 15.5. The van der Waals surface area contributed by atoms with Crippen molar-refractivity contribution in [2.75, 3.05) is 19.8 Å². The maximum atomic E-state index is 12.2. The predicted octanol–water partition coefficient (Wildman–Crippen LogP) is 1.53. The molecule has 1 aliphatic heterocycles. The zero-order valence-corrected chi connectivity index (χ0v) is 15.5. The summed E-state index contributed by atoms with van der Waals surface area (Å²) in [6.45, 7) is 12.8. The van der Waals surface area contributed by atoms with E-state index in [0.717, 1.165) is 6.42 Å². The third-order valence-electron chi connectivity index (χ3n) is 4.22. The van der Waals surface area contributed by atoms with Gasteiger partial charge in [-0.2, -0.15) is 0 Å². The lowest BCUT2D eigenvalue weighted by Gasteiger charge is -2.42. The number of likely N-dealkylation sites (tertiary alicyclic amines) is 1. The van der Waals surface area contributed by atoms with Gasteiger partial charge in [-0.1, -0.05) is 0 Å². The maximum absolute atomic E-state index is 12.2. The Kier molecular flexibility index (Phi) is 8.63. The van der Waals surface area contributed by atoms with Gasteiger partial charge in [0.05, 0.1) is 37.6 Å². The first-order valence-corrected chi connectivity index (χ1v) is 8.89. The fourth-order valence-corrected chi connectivity index (χ4v) is 3.25. The van der Waals surface area contributed by atoms with Crippen molar-refractivity contribution in [1.82, 2.24) is 4.90 Å². The van der Waals surface area contributed by atoms with Gasteiger partial charge in [-0.25, -0.2) is 0 Å². The third kappa shape index (κ3) is 7.05. The molecule has 0 aromatic rings. The molecule has 0 aliphatic carbocycles. The van der Waals surface area contributed by atoms with E-state index in [1.54, 1.807) is 13.8 Å². The van der Waals surface area contributed by atoms with Crippen LogP contribution in [0, 0.1) is 6.92 Å². The van der Waals surface area contributed by atoms with Gasteiger partial charge < -0.3 is 24.6 Å². The Morgan fingerprint density at radius 2 is 1.54 bits per heavy atom. The molecule has 24 heavy (non-hydrogen) atoms. The molecule has 1 aliphatic rings. The second kappa shape index (κ2) is 9.70. The molecule has 0 spiro atoms. The normalized spacial score (nSPS) is 23.0. The van der Waals surface area contributed by atoms with Crippen LogP contribution in [0.3, 0.4) is 0 Å². The summed E-state index contributed by atoms with van der Waals surface area (Å²) in [4.78, 5) is 14.1. The summed E-state index contributed by atoms with van der Waals surface area (Å²) >= 11 is 0. The van der Waals surface area contributed by atoms with Gasteiger partial charge in [0, 0.05) is 18.5 Å². The summed E-state index contributed by atoms with van der Waals surface area (Å²) in [6.07, 6.45) is 1.26. The fraction of sp³-hybridized carbons (Fsp3) is 0.889. The number of ether oxygens (including phenoxy) is 2. The molecule has 0 aromatic carbocycles. The number of aliphatic hydroxyl groups excluding tert-OH is 2. The average molecular weight is 344 g/mol. The average Bonchev–Trinajstić information content (AvgIpc) is 2.90. The summed E-state index contributed by atoms with van der Waals surface area (Å²) in [7, 11) is 0. The molecular formula is C18H34NO5. The van der Waals surface area contributed by atoms with E-state index in [0.29, 0.717) is 25.8 Å². The standard InChI is InChI=1S/C18H34NO5/c1-13(20)11-23-15(3)9-18(5,19-8-6-7-17(19)22)10-16(4)24-12-14(2)21/h13-16,20-21H,5-12H2,1-4H3. The van der Waals surface area contributed by atoms with E-state index in [1.807, 2.05) is 18.7 Å². The SMILES string of the molecule is [CH2]C(CC(C)OCC(C)O)(CC(C)OCC(C)O)N1CCCC1=O. The highest BCUT2D eigenvalue weighted by atomic mass is 16.5. The first-order valence-electron chi connectivity index (χ1n) is 8.89. The van der Waals surface area contributed by atoms with Crippen LogP contribution in [0.1, 0.15) is 53.4 Å². The Morgan fingerprint density at radius 1 is 1.08 bits per heavy atom. The monoisotopic (exact) mass is 344 g/mol. The van der Waals surface area contributed by atoms with Gasteiger partial charge in [-0.15, -0.1) is 0 Å². The largest absolute Gasteiger partial charge is 0.391 e. The molecule has 0 aromatic heterocycles. The molecule has 6 nitrogen and oxygen atoms in total. The third-order valence-corrected chi connectivity index (χ3v) is 4.22. The summed E-state index contributed by atoms with van der Waals surface area (Å²) < 4.78 is 11.3. The van der Waals surface area contributed by atoms with E-state index in [2.05, 4.69) is 6.92 Å². The Labute approximate surface area is 146 Å². The topological polar surface area (TPSA) is 79.2 Å². The molecule has 1 radical (unpaired) electrons. The van der Waals surface area contributed by atoms with Crippen molar-refractivity contribution in [1.29, 1.82) is 0 Å². The van der Waals surface area contributed by atoms with Gasteiger partial charge in [0.2, 0.25) is 5.91 Å². The van der Waals surface area contributed by atoms with Crippen molar-refractivity contribution in [3.63, 3.8) is 0 Å².